The molecule has 0 unspecified atom stereocenters. The molecule has 0 saturated heterocycles. The van der Waals surface area contributed by atoms with Crippen molar-refractivity contribution in [2.45, 2.75) is 13.1 Å². The molecule has 0 aliphatic carbocycles. The zero-order valence-electron chi connectivity index (χ0n) is 17.4. The first-order chi connectivity index (χ1) is 15.4. The van der Waals surface area contributed by atoms with Crippen LogP contribution in [0.1, 0.15) is 28.4 Å². The number of benzene rings is 2. The number of carbonyl (C=O) groups is 2. The molecule has 0 amide bonds. The minimum atomic E-state index is -4.57. The Labute approximate surface area is 192 Å². The summed E-state index contributed by atoms with van der Waals surface area (Å²) in [6.07, 6.45) is -4.57. The molecule has 0 heterocycles. The molecule has 0 aliphatic rings. The van der Waals surface area contributed by atoms with Crippen LogP contribution in [0.4, 0.5) is 18.9 Å². The van der Waals surface area contributed by atoms with Crippen molar-refractivity contribution in [1.29, 1.82) is 0 Å². The highest BCUT2D eigenvalue weighted by molar-refractivity contribution is 7.80. The number of alkyl halides is 3. The minimum absolute atomic E-state index is 0.0250. The third-order valence-electron chi connectivity index (χ3n) is 4.30. The summed E-state index contributed by atoms with van der Waals surface area (Å²) in [5, 5.41) is 11.8. The van der Waals surface area contributed by atoms with E-state index in [-0.39, 0.29) is 33.3 Å². The Hall–Kier alpha value is -3.93. The van der Waals surface area contributed by atoms with E-state index in [0.717, 1.165) is 12.1 Å². The number of nitrogens with one attached hydrogen (secondary N) is 3. The molecule has 0 atom stereocenters. The summed E-state index contributed by atoms with van der Waals surface area (Å²) in [5.74, 6) is -1.84. The quantitative estimate of drug-likeness (QED) is 0.177. The second-order valence-corrected chi connectivity index (χ2v) is 7.01. The summed E-state index contributed by atoms with van der Waals surface area (Å²) in [6, 6.07) is 10.0. The minimum Gasteiger partial charge on any atom is -0.478 e. The number of nitrogens with two attached hydrogens (primary N) is 1. The first-order valence-corrected chi connectivity index (χ1v) is 9.66. The number of Topliss-reactive ketones (excluding diaryl/α,β-unsaturated/α-hetero) is 1. The molecule has 0 fully saturated rings. The summed E-state index contributed by atoms with van der Waals surface area (Å²) >= 11 is 5.11. The molecule has 0 radical (unpaired) electrons. The molecular formula is C21H20F3N5O3S. The lowest BCUT2D eigenvalue weighted by atomic mass is 10.0. The van der Waals surface area contributed by atoms with Crippen molar-refractivity contribution in [2.24, 2.45) is 10.7 Å². The number of ketones is 1. The number of aromatic carboxylic acids is 1. The number of hydrogen-bond acceptors (Lipinski definition) is 6. The molecule has 2 aromatic carbocycles. The summed E-state index contributed by atoms with van der Waals surface area (Å²) in [5.41, 5.74) is 10.4. The maximum Gasteiger partial charge on any atom is 0.416 e. The molecule has 0 aliphatic heterocycles. The first kappa shape index (κ1) is 25.3. The van der Waals surface area contributed by atoms with Crippen molar-refractivity contribution < 1.29 is 27.9 Å². The first-order valence-electron chi connectivity index (χ1n) is 9.26. The van der Waals surface area contributed by atoms with E-state index in [1.54, 1.807) is 0 Å². The Bertz CT molecular complexity index is 1130. The van der Waals surface area contributed by atoms with Crippen molar-refractivity contribution in [1.82, 2.24) is 10.9 Å². The number of carbonyl (C=O) groups excluding carboxylic acids is 1. The van der Waals surface area contributed by atoms with Gasteiger partial charge in [0.05, 0.1) is 16.8 Å². The van der Waals surface area contributed by atoms with Crippen LogP contribution in [0, 0.1) is 0 Å². The molecule has 0 saturated carbocycles. The van der Waals surface area contributed by atoms with Crippen LogP contribution < -0.4 is 21.9 Å². The Kier molecular flexibility index (Phi) is 8.13. The average molecular weight is 479 g/mol. The van der Waals surface area contributed by atoms with Crippen molar-refractivity contribution in [2.75, 3.05) is 12.4 Å². The van der Waals surface area contributed by atoms with Gasteiger partial charge in [0.15, 0.2) is 5.11 Å². The van der Waals surface area contributed by atoms with Gasteiger partial charge in [-0.1, -0.05) is 12.1 Å². The number of allylic oxidation sites excluding steroid dienone is 2. The van der Waals surface area contributed by atoms with Crippen molar-refractivity contribution in [3.05, 3.63) is 76.6 Å². The van der Waals surface area contributed by atoms with Gasteiger partial charge in [-0.3, -0.25) is 15.2 Å². The van der Waals surface area contributed by atoms with Crippen LogP contribution in [0.5, 0.6) is 0 Å². The van der Waals surface area contributed by atoms with Crippen molar-refractivity contribution in [3.63, 3.8) is 0 Å². The second kappa shape index (κ2) is 10.6. The van der Waals surface area contributed by atoms with E-state index in [1.165, 1.54) is 50.4 Å². The number of carboxylic acids is 1. The highest BCUT2D eigenvalue weighted by atomic mass is 32.1. The summed E-state index contributed by atoms with van der Waals surface area (Å²) in [7, 11) is 1.27. The Morgan fingerprint density at radius 2 is 1.70 bits per heavy atom. The topological polar surface area (TPSA) is 129 Å². The number of thiocarbonyl (C=S) groups is 1. The van der Waals surface area contributed by atoms with E-state index in [2.05, 4.69) is 21.2 Å². The molecule has 12 heteroatoms. The fourth-order valence-electron chi connectivity index (χ4n) is 2.58. The highest BCUT2D eigenvalue weighted by Gasteiger charge is 2.31. The van der Waals surface area contributed by atoms with Crippen LogP contribution in [0.3, 0.4) is 0 Å². The average Bonchev–Trinajstić information content (AvgIpc) is 2.77. The lowest BCUT2D eigenvalue weighted by Gasteiger charge is -2.15. The fourth-order valence-corrected chi connectivity index (χ4v) is 2.75. The van der Waals surface area contributed by atoms with E-state index in [0.29, 0.717) is 5.69 Å². The van der Waals surface area contributed by atoms with Crippen LogP contribution in [-0.2, 0) is 11.0 Å². The maximum atomic E-state index is 13.0. The Morgan fingerprint density at radius 3 is 2.24 bits per heavy atom. The van der Waals surface area contributed by atoms with E-state index in [4.69, 9.17) is 23.1 Å². The van der Waals surface area contributed by atoms with Crippen LogP contribution >= 0.6 is 12.2 Å². The molecule has 2 rings (SSSR count). The molecule has 2 aromatic rings. The van der Waals surface area contributed by atoms with Gasteiger partial charge in [0.2, 0.25) is 5.78 Å². The van der Waals surface area contributed by atoms with Crippen LogP contribution in [-0.4, -0.2) is 34.7 Å². The predicted octanol–water partition coefficient (Wildman–Crippen LogP) is 3.07. The van der Waals surface area contributed by atoms with Gasteiger partial charge < -0.3 is 21.6 Å². The number of anilines is 1. The van der Waals surface area contributed by atoms with Crippen molar-refractivity contribution in [3.8, 4) is 0 Å². The molecule has 6 N–H and O–H groups in total. The van der Waals surface area contributed by atoms with Gasteiger partial charge in [0.1, 0.15) is 11.4 Å². The SMILES string of the molecule is CN=C(C(=O)C(N)=C(C)NNC(=S)Nc1ccc(C(=O)O)cc1)c1cccc(C(F)(F)F)c1. The molecule has 8 nitrogen and oxygen atoms in total. The predicted molar refractivity (Wildman–Crippen MR) is 122 cm³/mol. The number of hydrazine groups is 1. The number of aliphatic imine (C=N–C) groups is 1. The number of halogens is 3. The smallest absolute Gasteiger partial charge is 0.416 e. The van der Waals surface area contributed by atoms with Crippen molar-refractivity contribution >= 4 is 40.5 Å². The Morgan fingerprint density at radius 1 is 1.06 bits per heavy atom. The van der Waals surface area contributed by atoms with Gasteiger partial charge in [-0.2, -0.15) is 13.2 Å². The van der Waals surface area contributed by atoms with Gasteiger partial charge in [0.25, 0.3) is 0 Å². The zero-order chi connectivity index (χ0) is 24.8. The molecule has 0 spiro atoms. The number of carboxylic acid groups (broad SMARTS) is 1. The van der Waals surface area contributed by atoms with Crippen LogP contribution in [0.25, 0.3) is 0 Å². The standard InChI is InChI=1S/C21H20F3N5O3S/c1-11(28-29-20(33)27-15-8-6-12(7-9-15)19(31)32)16(25)18(30)17(26-2)13-4-3-5-14(10-13)21(22,23)24/h3-10,28H,25H2,1-2H3,(H,31,32)(H2,27,29,33). The van der Waals surface area contributed by atoms with E-state index < -0.39 is 23.5 Å². The molecule has 0 aromatic heterocycles. The molecule has 174 valence electrons. The summed E-state index contributed by atoms with van der Waals surface area (Å²) < 4.78 is 39.0. The Balaban J connectivity index is 2.08. The second-order valence-electron chi connectivity index (χ2n) is 6.61. The van der Waals surface area contributed by atoms with E-state index in [1.807, 2.05) is 0 Å². The lowest BCUT2D eigenvalue weighted by Crippen LogP contribution is -2.41. The number of rotatable bonds is 7. The number of hydrogen-bond donors (Lipinski definition) is 5. The van der Waals surface area contributed by atoms with Crippen LogP contribution in [0.2, 0.25) is 0 Å². The number of nitrogens with zero attached hydrogens (tertiary/aromatic N) is 1. The van der Waals surface area contributed by atoms with Crippen LogP contribution in [0.15, 0.2) is 64.9 Å². The molecular weight excluding hydrogens is 459 g/mol. The monoisotopic (exact) mass is 479 g/mol. The largest absolute Gasteiger partial charge is 0.478 e. The van der Waals surface area contributed by atoms with Gasteiger partial charge in [-0.15, -0.1) is 0 Å². The van der Waals surface area contributed by atoms with E-state index in [9.17, 15) is 22.8 Å². The van der Waals surface area contributed by atoms with Gasteiger partial charge in [-0.05, 0) is 55.5 Å². The highest BCUT2D eigenvalue weighted by Crippen LogP contribution is 2.29. The normalized spacial score (nSPS) is 12.5. The molecule has 0 bridgehead atoms. The third-order valence-corrected chi connectivity index (χ3v) is 4.51. The lowest BCUT2D eigenvalue weighted by molar-refractivity contribution is -0.137. The fraction of sp³-hybridized carbons (Fsp3) is 0.143. The van der Waals surface area contributed by atoms with Gasteiger partial charge in [-0.25, -0.2) is 4.79 Å². The molecule has 33 heavy (non-hydrogen) atoms. The van der Waals surface area contributed by atoms with E-state index >= 15 is 0 Å². The summed E-state index contributed by atoms with van der Waals surface area (Å²) in [4.78, 5) is 27.4. The van der Waals surface area contributed by atoms with Gasteiger partial charge in [0, 0.05) is 18.3 Å². The summed E-state index contributed by atoms with van der Waals surface area (Å²) in [6.45, 7) is 1.46. The van der Waals surface area contributed by atoms with Gasteiger partial charge >= 0.3 is 12.1 Å². The maximum absolute atomic E-state index is 13.0. The zero-order valence-corrected chi connectivity index (χ0v) is 18.3. The third kappa shape index (κ3) is 6.77.